The van der Waals surface area contributed by atoms with Crippen LogP contribution in [-0.4, -0.2) is 58.9 Å². The quantitative estimate of drug-likeness (QED) is 0.389. The van der Waals surface area contributed by atoms with Gasteiger partial charge in [0.25, 0.3) is 5.91 Å². The second-order valence-electron chi connectivity index (χ2n) is 10.8. The smallest absolute Gasteiger partial charge is 0.326 e. The van der Waals surface area contributed by atoms with Crippen molar-refractivity contribution in [2.75, 3.05) is 13.1 Å². The fourth-order valence-corrected chi connectivity index (χ4v) is 5.99. The third-order valence-electron chi connectivity index (χ3n) is 7.53. The number of benzene rings is 1. The highest BCUT2D eigenvalue weighted by atomic mass is 35.5. The van der Waals surface area contributed by atoms with Gasteiger partial charge < -0.3 is 20.6 Å². The predicted molar refractivity (Wildman–Crippen MR) is 143 cm³/mol. The van der Waals surface area contributed by atoms with Gasteiger partial charge in [-0.2, -0.15) is 0 Å². The third kappa shape index (κ3) is 8.34. The highest BCUT2D eigenvalue weighted by Crippen LogP contribution is 2.46. The number of carboxylic acid groups (broad SMARTS) is 1. The van der Waals surface area contributed by atoms with Gasteiger partial charge in [-0.25, -0.2) is 4.79 Å². The number of hydrogen-bond acceptors (Lipinski definition) is 4. The number of rotatable bonds is 10. The van der Waals surface area contributed by atoms with E-state index in [4.69, 9.17) is 23.2 Å². The summed E-state index contributed by atoms with van der Waals surface area (Å²) in [5.41, 5.74) is 0.543. The Kier molecular flexibility index (Phi) is 10.2. The number of amides is 3. The minimum absolute atomic E-state index is 0.0420. The molecule has 0 aromatic heterocycles. The lowest BCUT2D eigenvalue weighted by Gasteiger charge is -2.40. The van der Waals surface area contributed by atoms with Crippen LogP contribution in [0.4, 0.5) is 0 Å². The van der Waals surface area contributed by atoms with E-state index in [1.54, 1.807) is 4.90 Å². The van der Waals surface area contributed by atoms with E-state index >= 15 is 0 Å². The van der Waals surface area contributed by atoms with Gasteiger partial charge in [0.2, 0.25) is 11.8 Å². The molecule has 8 nitrogen and oxygen atoms in total. The maximum absolute atomic E-state index is 13.5. The maximum Gasteiger partial charge on any atom is 0.326 e. The molecule has 10 heteroatoms. The molecule has 3 N–H and O–H groups in total. The molecule has 2 fully saturated rings. The fraction of sp³-hybridized carbons (Fsp3) is 0.630. The highest BCUT2D eigenvalue weighted by Gasteiger charge is 2.39. The van der Waals surface area contributed by atoms with Gasteiger partial charge >= 0.3 is 5.97 Å². The van der Waals surface area contributed by atoms with Crippen LogP contribution in [0.5, 0.6) is 0 Å². The Bertz CT molecular complexity index is 980. The second kappa shape index (κ2) is 13.0. The van der Waals surface area contributed by atoms with Crippen molar-refractivity contribution in [3.63, 3.8) is 0 Å². The summed E-state index contributed by atoms with van der Waals surface area (Å²) in [6.07, 6.45) is 6.99. The van der Waals surface area contributed by atoms with Crippen LogP contribution in [0.15, 0.2) is 18.2 Å². The average Bonchev–Trinajstić information content (AvgIpc) is 3.28. The zero-order valence-corrected chi connectivity index (χ0v) is 23.0. The third-order valence-corrected chi connectivity index (χ3v) is 7.97. The molecule has 1 spiro atoms. The summed E-state index contributed by atoms with van der Waals surface area (Å²) in [4.78, 5) is 52.4. The molecule has 37 heavy (non-hydrogen) atoms. The summed E-state index contributed by atoms with van der Waals surface area (Å²) in [5, 5.41) is 15.3. The molecule has 3 amide bonds. The van der Waals surface area contributed by atoms with Crippen molar-refractivity contribution in [3.8, 4) is 0 Å². The minimum Gasteiger partial charge on any atom is -0.480 e. The Balaban J connectivity index is 1.69. The Hall–Kier alpha value is -2.32. The number of hydrogen-bond donors (Lipinski definition) is 3. The van der Waals surface area contributed by atoms with E-state index in [1.165, 1.54) is 43.9 Å². The largest absolute Gasteiger partial charge is 0.480 e. The summed E-state index contributed by atoms with van der Waals surface area (Å²) in [5.74, 6) is -2.25. The first-order chi connectivity index (χ1) is 17.5. The molecule has 1 aromatic carbocycles. The van der Waals surface area contributed by atoms with Crippen molar-refractivity contribution < 1.29 is 24.3 Å². The number of nitrogens with zero attached hydrogens (tertiary/aromatic N) is 1. The highest BCUT2D eigenvalue weighted by molar-refractivity contribution is 6.35. The van der Waals surface area contributed by atoms with Crippen molar-refractivity contribution in [2.24, 2.45) is 11.3 Å². The van der Waals surface area contributed by atoms with Crippen molar-refractivity contribution in [3.05, 3.63) is 33.8 Å². The van der Waals surface area contributed by atoms with Gasteiger partial charge in [-0.1, -0.05) is 49.9 Å². The lowest BCUT2D eigenvalue weighted by molar-refractivity contribution is -0.142. The van der Waals surface area contributed by atoms with E-state index in [2.05, 4.69) is 10.6 Å². The summed E-state index contributed by atoms with van der Waals surface area (Å²) in [6, 6.07) is 2.49. The molecule has 1 aromatic rings. The van der Waals surface area contributed by atoms with Crippen molar-refractivity contribution >= 4 is 46.9 Å². The van der Waals surface area contributed by atoms with Crippen LogP contribution in [0.2, 0.25) is 10.0 Å². The zero-order chi connectivity index (χ0) is 27.2. The van der Waals surface area contributed by atoms with Crippen LogP contribution < -0.4 is 10.6 Å². The predicted octanol–water partition coefficient (Wildman–Crippen LogP) is 4.67. The number of nitrogens with one attached hydrogen (secondary N) is 2. The van der Waals surface area contributed by atoms with Crippen molar-refractivity contribution in [1.82, 2.24) is 15.5 Å². The molecular formula is C27H37Cl2N3O5. The number of aliphatic carboxylic acids is 1. The van der Waals surface area contributed by atoms with E-state index in [0.29, 0.717) is 35.0 Å². The molecule has 2 aliphatic rings. The molecule has 1 aliphatic carbocycles. The van der Waals surface area contributed by atoms with Gasteiger partial charge in [0.05, 0.1) is 0 Å². The lowest BCUT2D eigenvalue weighted by Crippen LogP contribution is -2.52. The summed E-state index contributed by atoms with van der Waals surface area (Å²) in [7, 11) is 0. The molecule has 0 bridgehead atoms. The van der Waals surface area contributed by atoms with Gasteiger partial charge in [0, 0.05) is 35.1 Å². The molecule has 1 heterocycles. The van der Waals surface area contributed by atoms with Crippen molar-refractivity contribution in [1.29, 1.82) is 0 Å². The van der Waals surface area contributed by atoms with E-state index < -0.39 is 29.9 Å². The van der Waals surface area contributed by atoms with Crippen LogP contribution in [0.1, 0.15) is 82.0 Å². The average molecular weight is 555 g/mol. The Morgan fingerprint density at radius 3 is 2.08 bits per heavy atom. The van der Waals surface area contributed by atoms with Crippen LogP contribution in [0.3, 0.4) is 0 Å². The number of carboxylic acids is 1. The minimum atomic E-state index is -1.10. The number of carbonyl (C=O) groups is 4. The molecule has 2 atom stereocenters. The van der Waals surface area contributed by atoms with Crippen molar-refractivity contribution in [2.45, 2.75) is 83.7 Å². The fourth-order valence-electron chi connectivity index (χ4n) is 5.47. The van der Waals surface area contributed by atoms with E-state index in [9.17, 15) is 24.3 Å². The number of carbonyl (C=O) groups excluding carboxylic acids is 3. The van der Waals surface area contributed by atoms with Gasteiger partial charge in [0.15, 0.2) is 0 Å². The molecule has 204 valence electrons. The molecule has 1 saturated carbocycles. The summed E-state index contributed by atoms with van der Waals surface area (Å²) in [6.45, 7) is 5.00. The summed E-state index contributed by atoms with van der Waals surface area (Å²) >= 11 is 12.1. The first kappa shape index (κ1) is 29.2. The topological polar surface area (TPSA) is 116 Å². The number of piperidine rings is 1. The standard InChI is InChI=1S/C27H37Cl2N3O5/c1-17(2)13-22(26(36)37)30-23(33)6-5-21(31-24(34)18-14-19(28)16-20(29)15-18)25(35)32-11-9-27(10-12-32)7-3-4-8-27/h14-17,21-22H,3-13H2,1-2H3,(H,30,33)(H,31,34)(H,36,37)/t21-,22?/m1/s1. The molecule has 1 unspecified atom stereocenters. The first-order valence-electron chi connectivity index (χ1n) is 13.1. The second-order valence-corrected chi connectivity index (χ2v) is 11.7. The Morgan fingerprint density at radius 2 is 1.54 bits per heavy atom. The molecule has 1 aliphatic heterocycles. The monoisotopic (exact) mass is 553 g/mol. The Labute approximate surface area is 228 Å². The molecular weight excluding hydrogens is 517 g/mol. The number of likely N-dealkylation sites (tertiary alicyclic amines) is 1. The SMILES string of the molecule is CC(C)CC(NC(=O)CC[C@@H](NC(=O)c1cc(Cl)cc(Cl)c1)C(=O)N1CCC2(CCCC2)CC1)C(=O)O. The maximum atomic E-state index is 13.5. The van der Waals surface area contributed by atoms with Crippen LogP contribution in [0, 0.1) is 11.3 Å². The van der Waals surface area contributed by atoms with Crippen LogP contribution in [0.25, 0.3) is 0 Å². The molecule has 0 radical (unpaired) electrons. The Morgan fingerprint density at radius 1 is 0.946 bits per heavy atom. The van der Waals surface area contributed by atoms with Crippen LogP contribution in [-0.2, 0) is 14.4 Å². The van der Waals surface area contributed by atoms with Gasteiger partial charge in [0.1, 0.15) is 12.1 Å². The van der Waals surface area contributed by atoms with Crippen LogP contribution >= 0.6 is 23.2 Å². The van der Waals surface area contributed by atoms with Gasteiger partial charge in [-0.3, -0.25) is 14.4 Å². The van der Waals surface area contributed by atoms with Gasteiger partial charge in [-0.05, 0) is 68.1 Å². The summed E-state index contributed by atoms with van der Waals surface area (Å²) < 4.78 is 0. The molecule has 3 rings (SSSR count). The normalized spacial score (nSPS) is 18.5. The van der Waals surface area contributed by atoms with E-state index in [-0.39, 0.29) is 30.2 Å². The molecule has 1 saturated heterocycles. The van der Waals surface area contributed by atoms with E-state index in [0.717, 1.165) is 12.8 Å². The van der Waals surface area contributed by atoms with Gasteiger partial charge in [-0.15, -0.1) is 0 Å². The van der Waals surface area contributed by atoms with E-state index in [1.807, 2.05) is 13.8 Å². The first-order valence-corrected chi connectivity index (χ1v) is 13.8. The zero-order valence-electron chi connectivity index (χ0n) is 21.5. The lowest BCUT2D eigenvalue weighted by atomic mass is 9.77. The number of halogens is 2.